The van der Waals surface area contributed by atoms with E-state index >= 15 is 0 Å². The number of aryl methyl sites for hydroxylation is 1. The number of benzene rings is 1. The summed E-state index contributed by atoms with van der Waals surface area (Å²) in [6.45, 7) is 3.17. The number of nitro benzene ring substituents is 1. The summed E-state index contributed by atoms with van der Waals surface area (Å²) in [6, 6.07) is 0.510. The van der Waals surface area contributed by atoms with Crippen molar-refractivity contribution in [2.75, 3.05) is 0 Å². The first-order valence-corrected chi connectivity index (χ1v) is 6.76. The van der Waals surface area contributed by atoms with Crippen LogP contribution in [0.25, 0.3) is 0 Å². The van der Waals surface area contributed by atoms with Crippen molar-refractivity contribution in [2.45, 2.75) is 39.2 Å². The molecule has 0 fully saturated rings. The van der Waals surface area contributed by atoms with Crippen molar-refractivity contribution in [1.82, 2.24) is 5.32 Å². The van der Waals surface area contributed by atoms with Crippen LogP contribution in [0.15, 0.2) is 12.1 Å². The highest BCUT2D eigenvalue weighted by atomic mass is 19.1. The number of halogens is 1. The number of hydrogen-bond donors (Lipinski definition) is 2. The summed E-state index contributed by atoms with van der Waals surface area (Å²) in [7, 11) is 0. The zero-order valence-corrected chi connectivity index (χ0v) is 12.3. The molecule has 2 N–H and O–H groups in total. The van der Waals surface area contributed by atoms with Crippen LogP contribution in [0, 0.1) is 22.9 Å². The lowest BCUT2D eigenvalue weighted by Gasteiger charge is -2.14. The van der Waals surface area contributed by atoms with E-state index < -0.39 is 39.9 Å². The molecule has 0 aliphatic heterocycles. The first kappa shape index (κ1) is 17.5. The lowest BCUT2D eigenvalue weighted by atomic mass is 10.1. The molecule has 1 aromatic carbocycles. The Morgan fingerprint density at radius 1 is 1.45 bits per heavy atom. The molecule has 8 heteroatoms. The molecule has 0 aliphatic carbocycles. The number of nitrogens with one attached hydrogen (secondary N) is 1. The Bertz CT molecular complexity index is 603. The van der Waals surface area contributed by atoms with Crippen molar-refractivity contribution in [3.05, 3.63) is 39.2 Å². The van der Waals surface area contributed by atoms with Crippen molar-refractivity contribution < 1.29 is 24.0 Å². The maximum absolute atomic E-state index is 13.4. The number of carbonyl (C=O) groups is 2. The van der Waals surface area contributed by atoms with Gasteiger partial charge in [0.2, 0.25) is 0 Å². The predicted octanol–water partition coefficient (Wildman–Crippen LogP) is 2.42. The minimum Gasteiger partial charge on any atom is -0.480 e. The van der Waals surface area contributed by atoms with Gasteiger partial charge in [-0.25, -0.2) is 9.18 Å². The van der Waals surface area contributed by atoms with Crippen LogP contribution >= 0.6 is 0 Å². The lowest BCUT2D eigenvalue weighted by Crippen LogP contribution is -2.41. The van der Waals surface area contributed by atoms with Gasteiger partial charge in [-0.15, -0.1) is 0 Å². The second-order valence-electron chi connectivity index (χ2n) is 4.88. The average molecular weight is 312 g/mol. The largest absolute Gasteiger partial charge is 0.480 e. The number of amides is 1. The van der Waals surface area contributed by atoms with Crippen LogP contribution in [0.5, 0.6) is 0 Å². The number of aliphatic carboxylic acids is 1. The lowest BCUT2D eigenvalue weighted by molar-refractivity contribution is -0.385. The van der Waals surface area contributed by atoms with E-state index in [9.17, 15) is 24.1 Å². The van der Waals surface area contributed by atoms with Crippen molar-refractivity contribution in [1.29, 1.82) is 0 Å². The Balaban J connectivity index is 3.11. The van der Waals surface area contributed by atoms with Crippen LogP contribution in [0.4, 0.5) is 10.1 Å². The van der Waals surface area contributed by atoms with Gasteiger partial charge in [-0.2, -0.15) is 0 Å². The maximum atomic E-state index is 13.4. The van der Waals surface area contributed by atoms with Gasteiger partial charge >= 0.3 is 5.97 Å². The number of carboxylic acids is 1. The molecule has 0 spiro atoms. The molecule has 0 aliphatic rings. The normalized spacial score (nSPS) is 11.8. The molecule has 0 aromatic heterocycles. The molecule has 0 saturated heterocycles. The summed E-state index contributed by atoms with van der Waals surface area (Å²) >= 11 is 0. The van der Waals surface area contributed by atoms with E-state index in [1.54, 1.807) is 0 Å². The zero-order valence-electron chi connectivity index (χ0n) is 12.3. The van der Waals surface area contributed by atoms with Gasteiger partial charge in [-0.3, -0.25) is 14.9 Å². The zero-order chi connectivity index (χ0) is 16.9. The summed E-state index contributed by atoms with van der Waals surface area (Å²) in [4.78, 5) is 33.5. The van der Waals surface area contributed by atoms with Crippen LogP contribution in [0.2, 0.25) is 0 Å². The topological polar surface area (TPSA) is 110 Å². The number of carboxylic acid groups (broad SMARTS) is 1. The van der Waals surface area contributed by atoms with E-state index in [0.29, 0.717) is 6.42 Å². The Labute approximate surface area is 126 Å². The van der Waals surface area contributed by atoms with Crippen molar-refractivity contribution in [3.63, 3.8) is 0 Å². The minimum atomic E-state index is -1.24. The number of nitrogens with zero attached hydrogens (tertiary/aromatic N) is 1. The van der Waals surface area contributed by atoms with Gasteiger partial charge < -0.3 is 10.4 Å². The van der Waals surface area contributed by atoms with Crippen LogP contribution in [0.3, 0.4) is 0 Å². The molecule has 0 bridgehead atoms. The van der Waals surface area contributed by atoms with Gasteiger partial charge in [0, 0.05) is 5.56 Å². The van der Waals surface area contributed by atoms with Crippen LogP contribution < -0.4 is 5.32 Å². The summed E-state index contributed by atoms with van der Waals surface area (Å²) in [5.74, 6) is -3.01. The molecule has 1 rings (SSSR count). The Hall–Kier alpha value is -2.51. The van der Waals surface area contributed by atoms with Gasteiger partial charge in [0.05, 0.1) is 4.92 Å². The fourth-order valence-corrected chi connectivity index (χ4v) is 2.05. The smallest absolute Gasteiger partial charge is 0.326 e. The molecule has 1 atom stereocenters. The summed E-state index contributed by atoms with van der Waals surface area (Å²) in [6.07, 6.45) is 1.50. The molecule has 0 radical (unpaired) electrons. The van der Waals surface area contributed by atoms with Crippen molar-refractivity contribution in [3.8, 4) is 0 Å². The first-order valence-electron chi connectivity index (χ1n) is 6.76. The van der Waals surface area contributed by atoms with E-state index in [0.717, 1.165) is 18.6 Å². The SMILES string of the molecule is CCCC[C@H](NC(=O)c1cc(F)cc(C)c1[N+](=O)[O-])C(=O)O. The minimum absolute atomic E-state index is 0.00409. The quantitative estimate of drug-likeness (QED) is 0.593. The third-order valence-electron chi connectivity index (χ3n) is 3.14. The number of unbranched alkanes of at least 4 members (excludes halogenated alkanes) is 1. The van der Waals surface area contributed by atoms with E-state index in [4.69, 9.17) is 5.11 Å². The second kappa shape index (κ2) is 7.48. The summed E-state index contributed by atoms with van der Waals surface area (Å²) in [5.41, 5.74) is -1.01. The molecule has 1 aromatic rings. The Morgan fingerprint density at radius 2 is 2.09 bits per heavy atom. The standard InChI is InChI=1S/C14H17FN2O5/c1-3-4-5-11(14(19)20)16-13(18)10-7-9(15)6-8(2)12(10)17(21)22/h6-7,11H,3-5H2,1-2H3,(H,16,18)(H,19,20)/t11-/m0/s1. The Kier molecular flexibility index (Phi) is 5.97. The van der Waals surface area contributed by atoms with E-state index in [-0.39, 0.29) is 12.0 Å². The number of hydrogen-bond acceptors (Lipinski definition) is 4. The molecule has 1 amide bonds. The fraction of sp³-hybridized carbons (Fsp3) is 0.429. The number of carbonyl (C=O) groups excluding carboxylic acids is 1. The highest BCUT2D eigenvalue weighted by molar-refractivity contribution is 6.00. The van der Waals surface area contributed by atoms with Gasteiger partial charge in [-0.1, -0.05) is 19.8 Å². The molecule has 120 valence electrons. The molecule has 0 heterocycles. The van der Waals surface area contributed by atoms with E-state index in [1.807, 2.05) is 6.92 Å². The van der Waals surface area contributed by atoms with Gasteiger partial charge in [0.15, 0.2) is 0 Å². The fourth-order valence-electron chi connectivity index (χ4n) is 2.05. The summed E-state index contributed by atoms with van der Waals surface area (Å²) < 4.78 is 13.4. The highest BCUT2D eigenvalue weighted by Gasteiger charge is 2.27. The molecule has 0 unspecified atom stereocenters. The van der Waals surface area contributed by atoms with Gasteiger partial charge in [0.1, 0.15) is 17.4 Å². The molecule has 0 saturated carbocycles. The predicted molar refractivity (Wildman–Crippen MR) is 76.2 cm³/mol. The molecular formula is C14H17FN2O5. The molecular weight excluding hydrogens is 295 g/mol. The summed E-state index contributed by atoms with van der Waals surface area (Å²) in [5, 5.41) is 22.3. The number of rotatable bonds is 7. The third kappa shape index (κ3) is 4.24. The molecule has 7 nitrogen and oxygen atoms in total. The maximum Gasteiger partial charge on any atom is 0.326 e. The Morgan fingerprint density at radius 3 is 2.59 bits per heavy atom. The van der Waals surface area contributed by atoms with E-state index in [2.05, 4.69) is 5.32 Å². The van der Waals surface area contributed by atoms with Crippen molar-refractivity contribution in [2.24, 2.45) is 0 Å². The highest BCUT2D eigenvalue weighted by Crippen LogP contribution is 2.25. The first-order chi connectivity index (χ1) is 10.3. The number of nitro groups is 1. The van der Waals surface area contributed by atoms with Crippen LogP contribution in [-0.2, 0) is 4.79 Å². The third-order valence-corrected chi connectivity index (χ3v) is 3.14. The van der Waals surface area contributed by atoms with Gasteiger partial charge in [0.25, 0.3) is 11.6 Å². The second-order valence-corrected chi connectivity index (χ2v) is 4.88. The van der Waals surface area contributed by atoms with Crippen LogP contribution in [-0.4, -0.2) is 27.9 Å². The monoisotopic (exact) mass is 312 g/mol. The molecule has 22 heavy (non-hydrogen) atoms. The average Bonchev–Trinajstić information content (AvgIpc) is 2.41. The van der Waals surface area contributed by atoms with Gasteiger partial charge in [-0.05, 0) is 25.5 Å². The van der Waals surface area contributed by atoms with Crippen molar-refractivity contribution >= 4 is 17.6 Å². The van der Waals surface area contributed by atoms with Crippen LogP contribution in [0.1, 0.15) is 42.1 Å². The van der Waals surface area contributed by atoms with E-state index in [1.165, 1.54) is 6.92 Å².